The third-order valence-electron chi connectivity index (χ3n) is 7.83. The fourth-order valence-electron chi connectivity index (χ4n) is 5.79. The summed E-state index contributed by atoms with van der Waals surface area (Å²) in [6.45, 7) is 2.88. The van der Waals surface area contributed by atoms with E-state index in [1.807, 2.05) is 4.90 Å². The van der Waals surface area contributed by atoms with Crippen LogP contribution in [0.2, 0.25) is 0 Å². The van der Waals surface area contributed by atoms with Gasteiger partial charge in [0.15, 0.2) is 10.7 Å². The molecule has 1 aromatic heterocycles. The molecule has 0 saturated heterocycles. The van der Waals surface area contributed by atoms with Gasteiger partial charge in [-0.1, -0.05) is 37.5 Å². The Balaban J connectivity index is 1.47. The molecule has 3 aliphatic rings. The van der Waals surface area contributed by atoms with Gasteiger partial charge >= 0.3 is 12.0 Å². The first-order valence-corrected chi connectivity index (χ1v) is 15.0. The second-order valence-corrected chi connectivity index (χ2v) is 12.0. The van der Waals surface area contributed by atoms with E-state index in [2.05, 4.69) is 17.2 Å². The number of thiazole rings is 1. The number of anilines is 2. The lowest BCUT2D eigenvalue weighted by Gasteiger charge is -2.44. The molecule has 1 heterocycles. The van der Waals surface area contributed by atoms with Crippen LogP contribution in [-0.4, -0.2) is 66.1 Å². The average Bonchev–Trinajstić information content (AvgIpc) is 3.28. The summed E-state index contributed by atoms with van der Waals surface area (Å²) in [6, 6.07) is 0.123. The fourth-order valence-corrected chi connectivity index (χ4v) is 7.66. The molecule has 202 valence electrons. The molecule has 4 rings (SSSR count). The summed E-state index contributed by atoms with van der Waals surface area (Å²) < 4.78 is 29.0. The first-order chi connectivity index (χ1) is 17.4. The Morgan fingerprint density at radius 1 is 1.14 bits per heavy atom. The van der Waals surface area contributed by atoms with Crippen LogP contribution in [0.15, 0.2) is 6.20 Å². The van der Waals surface area contributed by atoms with Crippen LogP contribution in [0.4, 0.5) is 14.9 Å². The van der Waals surface area contributed by atoms with Crippen LogP contribution < -0.4 is 9.62 Å². The van der Waals surface area contributed by atoms with Crippen LogP contribution in [0.25, 0.3) is 0 Å². The second-order valence-electron chi connectivity index (χ2n) is 10.1. The average molecular weight is 543 g/mol. The minimum Gasteiger partial charge on any atom is -0.479 e. The van der Waals surface area contributed by atoms with Crippen molar-refractivity contribution in [3.63, 3.8) is 0 Å². The lowest BCUT2D eigenvalue weighted by Crippen LogP contribution is -2.60. The SMILES string of the molecule is CCCOC1CCC(N(C(=O)Nc2ncc(N(S(=O)O)C3(C(=O)O)CCC3)s2)C2CCCCC2)CC1. The molecule has 3 N–H and O–H groups in total. The molecule has 1 atom stereocenters. The number of aliphatic carboxylic acids is 1. The molecule has 12 heteroatoms. The molecule has 36 heavy (non-hydrogen) atoms. The molecule has 0 aromatic carbocycles. The van der Waals surface area contributed by atoms with Gasteiger partial charge in [0.05, 0.1) is 12.3 Å². The van der Waals surface area contributed by atoms with Crippen LogP contribution in [-0.2, 0) is 20.8 Å². The van der Waals surface area contributed by atoms with Gasteiger partial charge in [-0.05, 0) is 64.2 Å². The topological polar surface area (TPSA) is 132 Å². The fraction of sp³-hybridized carbons (Fsp3) is 0.792. The number of nitrogens with one attached hydrogen (secondary N) is 1. The summed E-state index contributed by atoms with van der Waals surface area (Å²) >= 11 is -1.50. The smallest absolute Gasteiger partial charge is 0.330 e. The van der Waals surface area contributed by atoms with Crippen LogP contribution in [0.5, 0.6) is 0 Å². The van der Waals surface area contributed by atoms with Gasteiger partial charge in [-0.2, -0.15) is 0 Å². The summed E-state index contributed by atoms with van der Waals surface area (Å²) in [5.74, 6) is -1.13. The van der Waals surface area contributed by atoms with E-state index in [0.29, 0.717) is 11.6 Å². The zero-order chi connectivity index (χ0) is 25.7. The maximum atomic E-state index is 13.6. The molecule has 0 radical (unpaired) electrons. The minimum absolute atomic E-state index is 0.140. The van der Waals surface area contributed by atoms with Gasteiger partial charge < -0.3 is 14.7 Å². The summed E-state index contributed by atoms with van der Waals surface area (Å²) in [4.78, 5) is 31.8. The Morgan fingerprint density at radius 3 is 2.36 bits per heavy atom. The van der Waals surface area contributed by atoms with Crippen molar-refractivity contribution >= 4 is 44.7 Å². The lowest BCUT2D eigenvalue weighted by atomic mass is 9.77. The zero-order valence-corrected chi connectivity index (χ0v) is 22.5. The van der Waals surface area contributed by atoms with Crippen molar-refractivity contribution in [3.05, 3.63) is 6.20 Å². The van der Waals surface area contributed by atoms with Crippen molar-refractivity contribution in [2.24, 2.45) is 0 Å². The number of carboxylic acid groups (broad SMARTS) is 1. The highest BCUT2D eigenvalue weighted by molar-refractivity contribution is 7.81. The minimum atomic E-state index is -2.53. The van der Waals surface area contributed by atoms with E-state index >= 15 is 0 Å². The van der Waals surface area contributed by atoms with Gasteiger partial charge in [-0.15, -0.1) is 0 Å². The number of hydrogen-bond acceptors (Lipinski definition) is 6. The van der Waals surface area contributed by atoms with Gasteiger partial charge in [0.1, 0.15) is 5.00 Å². The number of ether oxygens (including phenoxy) is 1. The third-order valence-corrected chi connectivity index (χ3v) is 9.70. The zero-order valence-electron chi connectivity index (χ0n) is 20.9. The van der Waals surface area contributed by atoms with Crippen molar-refractivity contribution in [1.82, 2.24) is 9.88 Å². The van der Waals surface area contributed by atoms with Crippen molar-refractivity contribution in [3.8, 4) is 0 Å². The summed E-state index contributed by atoms with van der Waals surface area (Å²) in [6.07, 6.45) is 13.0. The molecular formula is C24H38N4O6S2. The molecule has 10 nitrogen and oxygen atoms in total. The maximum absolute atomic E-state index is 13.6. The number of carboxylic acids is 1. The highest BCUT2D eigenvalue weighted by Gasteiger charge is 2.53. The molecule has 1 unspecified atom stereocenters. The third kappa shape index (κ3) is 5.87. The van der Waals surface area contributed by atoms with E-state index in [9.17, 15) is 23.5 Å². The Hall–Kier alpha value is -1.76. The van der Waals surface area contributed by atoms with E-state index in [4.69, 9.17) is 4.74 Å². The van der Waals surface area contributed by atoms with Crippen molar-refractivity contribution in [2.75, 3.05) is 16.2 Å². The van der Waals surface area contributed by atoms with E-state index in [1.54, 1.807) is 0 Å². The molecule has 0 aliphatic heterocycles. The number of amides is 2. The van der Waals surface area contributed by atoms with Crippen LogP contribution in [0.1, 0.15) is 90.4 Å². The van der Waals surface area contributed by atoms with Gasteiger partial charge in [-0.3, -0.25) is 9.87 Å². The first-order valence-electron chi connectivity index (χ1n) is 13.2. The van der Waals surface area contributed by atoms with Gasteiger partial charge in [0, 0.05) is 18.7 Å². The number of carbonyl (C=O) groups is 2. The Kier molecular flexibility index (Phi) is 9.24. The maximum Gasteiger partial charge on any atom is 0.330 e. The number of rotatable bonds is 10. The number of nitrogens with zero attached hydrogens (tertiary/aromatic N) is 3. The number of aromatic nitrogens is 1. The molecule has 1 aromatic rings. The predicted octanol–water partition coefficient (Wildman–Crippen LogP) is 5.00. The van der Waals surface area contributed by atoms with Gasteiger partial charge in [-0.25, -0.2) is 23.1 Å². The van der Waals surface area contributed by atoms with E-state index in [0.717, 1.165) is 80.0 Å². The van der Waals surface area contributed by atoms with Crippen molar-refractivity contribution < 1.29 is 28.2 Å². The summed E-state index contributed by atoms with van der Waals surface area (Å²) in [7, 11) is 0. The van der Waals surface area contributed by atoms with Crippen LogP contribution >= 0.6 is 11.3 Å². The summed E-state index contributed by atoms with van der Waals surface area (Å²) in [5, 5.41) is 13.2. The molecule has 2 amide bonds. The van der Waals surface area contributed by atoms with Gasteiger partial charge in [0.25, 0.3) is 11.3 Å². The molecule has 0 bridgehead atoms. The normalized spacial score (nSPS) is 24.9. The lowest BCUT2D eigenvalue weighted by molar-refractivity contribution is -0.146. The highest BCUT2D eigenvalue weighted by Crippen LogP contribution is 2.44. The Labute approximate surface area is 219 Å². The predicted molar refractivity (Wildman–Crippen MR) is 140 cm³/mol. The monoisotopic (exact) mass is 542 g/mol. The summed E-state index contributed by atoms with van der Waals surface area (Å²) in [5.41, 5.74) is -1.42. The molecular weight excluding hydrogens is 504 g/mol. The Morgan fingerprint density at radius 2 is 1.81 bits per heavy atom. The molecule has 3 fully saturated rings. The highest BCUT2D eigenvalue weighted by atomic mass is 32.2. The molecule has 3 saturated carbocycles. The largest absolute Gasteiger partial charge is 0.479 e. The van der Waals surface area contributed by atoms with Gasteiger partial charge in [0.2, 0.25) is 0 Å². The molecule has 0 spiro atoms. The number of urea groups is 1. The first kappa shape index (κ1) is 27.3. The standard InChI is InChI=1S/C24H38N4O6S2/c1-2-15-34-19-11-9-18(10-12-19)27(17-7-4-3-5-8-17)23(31)26-22-25-16-20(35-22)28(36(32)33)24(21(29)30)13-6-14-24/h16-19H,2-15H2,1H3,(H,29,30)(H,32,33)(H,25,26,31). The number of carbonyl (C=O) groups excluding carboxylic acids is 1. The van der Waals surface area contributed by atoms with Crippen LogP contribution in [0, 0.1) is 0 Å². The van der Waals surface area contributed by atoms with E-state index in [-0.39, 0.29) is 42.1 Å². The van der Waals surface area contributed by atoms with E-state index in [1.165, 1.54) is 12.6 Å². The van der Waals surface area contributed by atoms with Crippen molar-refractivity contribution in [2.45, 2.75) is 114 Å². The Bertz CT molecular complexity index is 925. The second kappa shape index (κ2) is 12.2. The molecule has 3 aliphatic carbocycles. The van der Waals surface area contributed by atoms with E-state index < -0.39 is 22.8 Å². The quantitative estimate of drug-likeness (QED) is 0.355. The number of hydrogen-bond donors (Lipinski definition) is 3. The van der Waals surface area contributed by atoms with Crippen LogP contribution in [0.3, 0.4) is 0 Å². The van der Waals surface area contributed by atoms with Crippen molar-refractivity contribution in [1.29, 1.82) is 0 Å².